The minimum Gasteiger partial charge on any atom is -0.338 e. The van der Waals surface area contributed by atoms with Crippen LogP contribution in [-0.2, 0) is 4.79 Å². The van der Waals surface area contributed by atoms with Gasteiger partial charge in [-0.25, -0.2) is 0 Å². The van der Waals surface area contributed by atoms with Crippen LogP contribution in [0.1, 0.15) is 17.4 Å². The van der Waals surface area contributed by atoms with Gasteiger partial charge in [-0.1, -0.05) is 6.07 Å². The van der Waals surface area contributed by atoms with Gasteiger partial charge in [-0.3, -0.25) is 14.6 Å². The van der Waals surface area contributed by atoms with E-state index in [4.69, 9.17) is 5.73 Å². The zero-order valence-corrected chi connectivity index (χ0v) is 12.2. The fraction of sp³-hybridized carbons (Fsp3) is 0.462. The third kappa shape index (κ3) is 3.68. The van der Waals surface area contributed by atoms with E-state index in [1.807, 2.05) is 0 Å². The maximum Gasteiger partial charge on any atom is 0.272 e. The predicted molar refractivity (Wildman–Crippen MR) is 77.6 cm³/mol. The van der Waals surface area contributed by atoms with Gasteiger partial charge >= 0.3 is 0 Å². The Morgan fingerprint density at radius 1 is 1.20 bits per heavy atom. The second-order valence-electron chi connectivity index (χ2n) is 4.62. The molecule has 1 saturated heterocycles. The smallest absolute Gasteiger partial charge is 0.272 e. The summed E-state index contributed by atoms with van der Waals surface area (Å²) in [5.41, 5.74) is 6.01. The standard InChI is InChI=1S/C13H18N4O2.ClH/c1-10(14)12(18)16-6-8-17(9-7-16)13(19)11-4-2-3-5-15-11;/h2-5,10H,6-9,14H2,1H3;1H/t10-;/m1./s1. The van der Waals surface area contributed by atoms with Crippen LogP contribution in [0.2, 0.25) is 0 Å². The quantitative estimate of drug-likeness (QED) is 0.842. The van der Waals surface area contributed by atoms with Crippen LogP contribution in [0.25, 0.3) is 0 Å². The van der Waals surface area contributed by atoms with Crippen molar-refractivity contribution in [2.24, 2.45) is 5.73 Å². The van der Waals surface area contributed by atoms with E-state index in [0.29, 0.717) is 31.9 Å². The molecule has 2 N–H and O–H groups in total. The van der Waals surface area contributed by atoms with Gasteiger partial charge in [0, 0.05) is 32.4 Å². The molecule has 0 saturated carbocycles. The molecule has 1 fully saturated rings. The number of pyridine rings is 1. The summed E-state index contributed by atoms with van der Waals surface area (Å²) >= 11 is 0. The van der Waals surface area contributed by atoms with Crippen LogP contribution in [0.5, 0.6) is 0 Å². The van der Waals surface area contributed by atoms with Crippen LogP contribution in [0.4, 0.5) is 0 Å². The highest BCUT2D eigenvalue weighted by molar-refractivity contribution is 5.92. The van der Waals surface area contributed by atoms with Crippen LogP contribution in [0.3, 0.4) is 0 Å². The summed E-state index contributed by atoms with van der Waals surface area (Å²) in [4.78, 5) is 31.3. The third-order valence-corrected chi connectivity index (χ3v) is 3.15. The van der Waals surface area contributed by atoms with Gasteiger partial charge in [0.15, 0.2) is 0 Å². The van der Waals surface area contributed by atoms with Crippen molar-refractivity contribution in [3.63, 3.8) is 0 Å². The van der Waals surface area contributed by atoms with E-state index in [1.165, 1.54) is 0 Å². The lowest BCUT2D eigenvalue weighted by Gasteiger charge is -2.35. The van der Waals surface area contributed by atoms with Crippen molar-refractivity contribution >= 4 is 24.2 Å². The molecule has 2 heterocycles. The van der Waals surface area contributed by atoms with E-state index in [9.17, 15) is 9.59 Å². The Kier molecular flexibility index (Phi) is 5.91. The van der Waals surface area contributed by atoms with Crippen molar-refractivity contribution in [3.05, 3.63) is 30.1 Å². The number of halogens is 1. The Morgan fingerprint density at radius 3 is 2.30 bits per heavy atom. The molecule has 0 aliphatic carbocycles. The second kappa shape index (κ2) is 7.21. The number of rotatable bonds is 2. The highest BCUT2D eigenvalue weighted by Crippen LogP contribution is 2.07. The number of amides is 2. The summed E-state index contributed by atoms with van der Waals surface area (Å²) in [5.74, 6) is -0.154. The van der Waals surface area contributed by atoms with Crippen molar-refractivity contribution in [3.8, 4) is 0 Å². The predicted octanol–water partition coefficient (Wildman–Crippen LogP) is 0.135. The van der Waals surface area contributed by atoms with Crippen molar-refractivity contribution in [2.75, 3.05) is 26.2 Å². The lowest BCUT2D eigenvalue weighted by Crippen LogP contribution is -2.53. The van der Waals surface area contributed by atoms with E-state index >= 15 is 0 Å². The van der Waals surface area contributed by atoms with Gasteiger partial charge in [0.25, 0.3) is 5.91 Å². The first-order chi connectivity index (χ1) is 9.09. The first-order valence-electron chi connectivity index (χ1n) is 6.34. The lowest BCUT2D eigenvalue weighted by molar-refractivity contribution is -0.133. The van der Waals surface area contributed by atoms with Gasteiger partial charge in [0.2, 0.25) is 5.91 Å². The number of aromatic nitrogens is 1. The molecule has 1 atom stereocenters. The molecule has 1 aromatic heterocycles. The van der Waals surface area contributed by atoms with Gasteiger partial charge in [0.05, 0.1) is 6.04 Å². The fourth-order valence-corrected chi connectivity index (χ4v) is 2.07. The lowest BCUT2D eigenvalue weighted by atomic mass is 10.2. The molecule has 1 aliphatic heterocycles. The molecule has 0 spiro atoms. The summed E-state index contributed by atoms with van der Waals surface area (Å²) < 4.78 is 0. The summed E-state index contributed by atoms with van der Waals surface area (Å²) in [6.45, 7) is 3.77. The summed E-state index contributed by atoms with van der Waals surface area (Å²) in [6.07, 6.45) is 1.60. The molecule has 0 unspecified atom stereocenters. The fourth-order valence-electron chi connectivity index (χ4n) is 2.07. The number of nitrogens with two attached hydrogens (primary N) is 1. The Balaban J connectivity index is 0.00000200. The number of hydrogen-bond donors (Lipinski definition) is 1. The van der Waals surface area contributed by atoms with E-state index in [2.05, 4.69) is 4.98 Å². The number of carbonyl (C=O) groups excluding carboxylic acids is 2. The second-order valence-corrected chi connectivity index (χ2v) is 4.62. The minimum atomic E-state index is -0.488. The van der Waals surface area contributed by atoms with E-state index in [-0.39, 0.29) is 24.2 Å². The molecule has 2 rings (SSSR count). The number of carbonyl (C=O) groups is 2. The highest BCUT2D eigenvalue weighted by atomic mass is 35.5. The van der Waals surface area contributed by atoms with Crippen LogP contribution in [0, 0.1) is 0 Å². The average molecular weight is 299 g/mol. The molecule has 0 bridgehead atoms. The van der Waals surface area contributed by atoms with Gasteiger partial charge in [-0.05, 0) is 19.1 Å². The Morgan fingerprint density at radius 2 is 1.80 bits per heavy atom. The zero-order valence-electron chi connectivity index (χ0n) is 11.4. The summed E-state index contributed by atoms with van der Waals surface area (Å²) in [5, 5.41) is 0. The van der Waals surface area contributed by atoms with Crippen molar-refractivity contribution in [1.29, 1.82) is 0 Å². The Bertz CT molecular complexity index is 459. The molecule has 20 heavy (non-hydrogen) atoms. The molecule has 2 amide bonds. The maximum absolute atomic E-state index is 12.1. The van der Waals surface area contributed by atoms with Gasteiger partial charge in [0.1, 0.15) is 5.69 Å². The summed E-state index contributed by atoms with van der Waals surface area (Å²) in [7, 11) is 0. The summed E-state index contributed by atoms with van der Waals surface area (Å²) in [6, 6.07) is 4.77. The highest BCUT2D eigenvalue weighted by Gasteiger charge is 2.26. The molecule has 6 nitrogen and oxygen atoms in total. The number of nitrogens with zero attached hydrogens (tertiary/aromatic N) is 3. The van der Waals surface area contributed by atoms with Gasteiger partial charge < -0.3 is 15.5 Å². The van der Waals surface area contributed by atoms with Crippen molar-refractivity contribution in [2.45, 2.75) is 13.0 Å². The minimum absolute atomic E-state index is 0. The van der Waals surface area contributed by atoms with Crippen LogP contribution in [-0.4, -0.2) is 58.8 Å². The van der Waals surface area contributed by atoms with Crippen LogP contribution >= 0.6 is 12.4 Å². The molecule has 110 valence electrons. The third-order valence-electron chi connectivity index (χ3n) is 3.15. The topological polar surface area (TPSA) is 79.5 Å². The molecule has 0 radical (unpaired) electrons. The van der Waals surface area contributed by atoms with E-state index < -0.39 is 6.04 Å². The van der Waals surface area contributed by atoms with E-state index in [1.54, 1.807) is 41.1 Å². The average Bonchev–Trinajstić information content (AvgIpc) is 2.46. The number of piperazine rings is 1. The number of hydrogen-bond acceptors (Lipinski definition) is 4. The molecule has 1 aromatic rings. The first kappa shape index (κ1) is 16.4. The van der Waals surface area contributed by atoms with E-state index in [0.717, 1.165) is 0 Å². The molecule has 1 aliphatic rings. The Hall–Kier alpha value is -1.66. The normalized spacial score (nSPS) is 16.3. The van der Waals surface area contributed by atoms with Crippen LogP contribution in [0.15, 0.2) is 24.4 Å². The van der Waals surface area contributed by atoms with Gasteiger partial charge in [-0.15, -0.1) is 12.4 Å². The Labute approximate surface area is 124 Å². The van der Waals surface area contributed by atoms with Gasteiger partial charge in [-0.2, -0.15) is 0 Å². The molecule has 0 aromatic carbocycles. The SMILES string of the molecule is C[C@@H](N)C(=O)N1CCN(C(=O)c2ccccn2)CC1.Cl. The first-order valence-corrected chi connectivity index (χ1v) is 6.34. The maximum atomic E-state index is 12.1. The monoisotopic (exact) mass is 298 g/mol. The molecular weight excluding hydrogens is 280 g/mol. The molecular formula is C13H19ClN4O2. The largest absolute Gasteiger partial charge is 0.338 e. The molecule has 7 heteroatoms. The van der Waals surface area contributed by atoms with Crippen LogP contribution < -0.4 is 5.73 Å². The zero-order chi connectivity index (χ0) is 13.8. The van der Waals surface area contributed by atoms with Crippen molar-refractivity contribution in [1.82, 2.24) is 14.8 Å². The van der Waals surface area contributed by atoms with Crippen molar-refractivity contribution < 1.29 is 9.59 Å².